The van der Waals surface area contributed by atoms with E-state index in [1.165, 1.54) is 10.6 Å². The van der Waals surface area contributed by atoms with Crippen LogP contribution < -0.4 is 10.9 Å². The minimum Gasteiger partial charge on any atom is -0.330 e. The van der Waals surface area contributed by atoms with Crippen LogP contribution in [0.3, 0.4) is 0 Å². The maximum Gasteiger partial charge on any atom is 0.250 e. The SMILES string of the molecule is CC(C)C(=O)N1CCCC1C(=O)Nc1ccc(=O)n(Cc2ccccc2Cl)c1. The zero-order chi connectivity index (χ0) is 20.3. The zero-order valence-electron chi connectivity index (χ0n) is 16.0. The molecule has 0 aliphatic carbocycles. The minimum atomic E-state index is -0.473. The lowest BCUT2D eigenvalue weighted by Gasteiger charge is -2.25. The van der Waals surface area contributed by atoms with E-state index in [1.54, 1.807) is 23.2 Å². The summed E-state index contributed by atoms with van der Waals surface area (Å²) in [7, 11) is 0. The van der Waals surface area contributed by atoms with Gasteiger partial charge in [-0.25, -0.2) is 0 Å². The number of aromatic nitrogens is 1. The number of nitrogens with one attached hydrogen (secondary N) is 1. The van der Waals surface area contributed by atoms with Gasteiger partial charge in [0.05, 0.1) is 12.2 Å². The molecule has 1 fully saturated rings. The van der Waals surface area contributed by atoms with Crippen LogP contribution in [0.2, 0.25) is 5.02 Å². The summed E-state index contributed by atoms with van der Waals surface area (Å²) in [6.45, 7) is 4.57. The lowest BCUT2D eigenvalue weighted by molar-refractivity contribution is -0.139. The van der Waals surface area contributed by atoms with E-state index in [0.717, 1.165) is 12.0 Å². The second-order valence-corrected chi connectivity index (χ2v) is 7.72. The third kappa shape index (κ3) is 4.44. The first-order chi connectivity index (χ1) is 13.4. The molecule has 1 aliphatic heterocycles. The van der Waals surface area contributed by atoms with Crippen molar-refractivity contribution < 1.29 is 9.59 Å². The van der Waals surface area contributed by atoms with E-state index in [1.807, 2.05) is 32.0 Å². The lowest BCUT2D eigenvalue weighted by Crippen LogP contribution is -2.44. The molecule has 0 saturated carbocycles. The summed E-state index contributed by atoms with van der Waals surface area (Å²) in [5, 5.41) is 3.43. The number of carbonyl (C=O) groups is 2. The van der Waals surface area contributed by atoms with Gasteiger partial charge in [-0.15, -0.1) is 0 Å². The van der Waals surface area contributed by atoms with E-state index in [0.29, 0.717) is 30.2 Å². The van der Waals surface area contributed by atoms with Gasteiger partial charge in [-0.1, -0.05) is 43.6 Å². The molecule has 1 unspecified atom stereocenters. The largest absolute Gasteiger partial charge is 0.330 e. The number of anilines is 1. The van der Waals surface area contributed by atoms with Crippen molar-refractivity contribution >= 4 is 29.1 Å². The molecule has 7 heteroatoms. The van der Waals surface area contributed by atoms with Crippen LogP contribution in [0.5, 0.6) is 0 Å². The fourth-order valence-electron chi connectivity index (χ4n) is 3.40. The summed E-state index contributed by atoms with van der Waals surface area (Å²) < 4.78 is 1.50. The van der Waals surface area contributed by atoms with Gasteiger partial charge in [0.25, 0.3) is 5.56 Å². The molecule has 1 atom stereocenters. The van der Waals surface area contributed by atoms with Gasteiger partial charge in [-0.2, -0.15) is 0 Å². The summed E-state index contributed by atoms with van der Waals surface area (Å²) in [6, 6.07) is 9.83. The van der Waals surface area contributed by atoms with Crippen molar-refractivity contribution in [2.24, 2.45) is 5.92 Å². The van der Waals surface area contributed by atoms with Crippen molar-refractivity contribution in [3.8, 4) is 0 Å². The van der Waals surface area contributed by atoms with Crippen molar-refractivity contribution in [3.63, 3.8) is 0 Å². The predicted octanol–water partition coefficient (Wildman–Crippen LogP) is 3.14. The number of rotatable bonds is 5. The van der Waals surface area contributed by atoms with Crippen molar-refractivity contribution in [2.45, 2.75) is 39.3 Å². The zero-order valence-corrected chi connectivity index (χ0v) is 16.8. The van der Waals surface area contributed by atoms with Crippen molar-refractivity contribution in [1.82, 2.24) is 9.47 Å². The molecule has 0 spiro atoms. The van der Waals surface area contributed by atoms with Crippen molar-refractivity contribution in [1.29, 1.82) is 0 Å². The Morgan fingerprint density at radius 3 is 2.68 bits per heavy atom. The molecule has 1 aliphatic rings. The quantitative estimate of drug-likeness (QED) is 0.836. The molecule has 0 radical (unpaired) electrons. The van der Waals surface area contributed by atoms with Crippen molar-refractivity contribution in [2.75, 3.05) is 11.9 Å². The number of hydrogen-bond donors (Lipinski definition) is 1. The molecule has 2 heterocycles. The second kappa shape index (κ2) is 8.61. The highest BCUT2D eigenvalue weighted by Gasteiger charge is 2.34. The Morgan fingerprint density at radius 2 is 1.96 bits per heavy atom. The van der Waals surface area contributed by atoms with Crippen LogP contribution in [-0.4, -0.2) is 33.9 Å². The molecule has 1 saturated heterocycles. The standard InChI is InChI=1S/C21H24ClN3O3/c1-14(2)21(28)25-11-5-8-18(25)20(27)23-16-9-10-19(26)24(13-16)12-15-6-3-4-7-17(15)22/h3-4,6-7,9-10,13-14,18H,5,8,11-12H2,1-2H3,(H,23,27). The first kappa shape index (κ1) is 20.1. The summed E-state index contributed by atoms with van der Waals surface area (Å²) in [5.74, 6) is -0.387. The molecule has 1 aromatic heterocycles. The highest BCUT2D eigenvalue weighted by atomic mass is 35.5. The predicted molar refractivity (Wildman–Crippen MR) is 109 cm³/mol. The number of benzene rings is 1. The van der Waals surface area contributed by atoms with Crippen LogP contribution in [0.1, 0.15) is 32.3 Å². The number of hydrogen-bond acceptors (Lipinski definition) is 3. The molecule has 1 N–H and O–H groups in total. The van der Waals surface area contributed by atoms with Gasteiger partial charge in [-0.05, 0) is 30.5 Å². The van der Waals surface area contributed by atoms with Crippen LogP contribution in [-0.2, 0) is 16.1 Å². The number of nitrogens with zero attached hydrogens (tertiary/aromatic N) is 2. The van der Waals surface area contributed by atoms with Crippen LogP contribution in [0.15, 0.2) is 47.4 Å². The van der Waals surface area contributed by atoms with Crippen LogP contribution in [0, 0.1) is 5.92 Å². The average Bonchev–Trinajstić information content (AvgIpc) is 3.15. The Bertz CT molecular complexity index is 938. The van der Waals surface area contributed by atoms with Crippen LogP contribution >= 0.6 is 11.6 Å². The van der Waals surface area contributed by atoms with E-state index in [2.05, 4.69) is 5.32 Å². The first-order valence-electron chi connectivity index (χ1n) is 9.42. The minimum absolute atomic E-state index is 0.0126. The van der Waals surface area contributed by atoms with E-state index in [-0.39, 0.29) is 23.3 Å². The summed E-state index contributed by atoms with van der Waals surface area (Å²) in [4.78, 5) is 38.9. The van der Waals surface area contributed by atoms with Crippen LogP contribution in [0.25, 0.3) is 0 Å². The molecule has 0 bridgehead atoms. The van der Waals surface area contributed by atoms with Gasteiger partial charge in [0.15, 0.2) is 0 Å². The van der Waals surface area contributed by atoms with Gasteiger partial charge < -0.3 is 14.8 Å². The van der Waals surface area contributed by atoms with Crippen LogP contribution in [0.4, 0.5) is 5.69 Å². The van der Waals surface area contributed by atoms with Gasteiger partial charge >= 0.3 is 0 Å². The normalized spacial score (nSPS) is 16.4. The molecule has 1 aromatic carbocycles. The van der Waals surface area contributed by atoms with Crippen molar-refractivity contribution in [3.05, 3.63) is 63.5 Å². The average molecular weight is 402 g/mol. The van der Waals surface area contributed by atoms with E-state index in [9.17, 15) is 14.4 Å². The number of pyridine rings is 1. The van der Waals surface area contributed by atoms with E-state index >= 15 is 0 Å². The van der Waals surface area contributed by atoms with E-state index < -0.39 is 6.04 Å². The monoisotopic (exact) mass is 401 g/mol. The summed E-state index contributed by atoms with van der Waals surface area (Å²) in [6.07, 6.45) is 3.05. The second-order valence-electron chi connectivity index (χ2n) is 7.31. The molecule has 148 valence electrons. The highest BCUT2D eigenvalue weighted by Crippen LogP contribution is 2.21. The number of carbonyl (C=O) groups excluding carboxylic acids is 2. The fourth-order valence-corrected chi connectivity index (χ4v) is 3.59. The smallest absolute Gasteiger partial charge is 0.250 e. The topological polar surface area (TPSA) is 71.4 Å². The van der Waals surface area contributed by atoms with Gasteiger partial charge in [-0.3, -0.25) is 14.4 Å². The Labute approximate surface area is 169 Å². The molecule has 28 heavy (non-hydrogen) atoms. The number of halogens is 1. The molecular formula is C21H24ClN3O3. The lowest BCUT2D eigenvalue weighted by atomic mass is 10.1. The molecular weight excluding hydrogens is 378 g/mol. The third-order valence-corrected chi connectivity index (χ3v) is 5.25. The van der Waals surface area contributed by atoms with Gasteiger partial charge in [0.2, 0.25) is 11.8 Å². The van der Waals surface area contributed by atoms with Gasteiger partial charge in [0, 0.05) is 29.7 Å². The highest BCUT2D eigenvalue weighted by molar-refractivity contribution is 6.31. The number of likely N-dealkylation sites (tertiary alicyclic amines) is 1. The molecule has 3 rings (SSSR count). The molecule has 2 aromatic rings. The summed E-state index contributed by atoms with van der Waals surface area (Å²) >= 11 is 6.19. The Hall–Kier alpha value is -2.60. The molecule has 6 nitrogen and oxygen atoms in total. The maximum atomic E-state index is 12.7. The Balaban J connectivity index is 1.76. The maximum absolute atomic E-state index is 12.7. The fraction of sp³-hybridized carbons (Fsp3) is 0.381. The first-order valence-corrected chi connectivity index (χ1v) is 9.80. The molecule has 2 amide bonds. The van der Waals surface area contributed by atoms with Gasteiger partial charge in [0.1, 0.15) is 6.04 Å². The Kier molecular flexibility index (Phi) is 6.19. The number of amides is 2. The third-order valence-electron chi connectivity index (χ3n) is 4.88. The summed E-state index contributed by atoms with van der Waals surface area (Å²) in [5.41, 5.74) is 1.15. The Morgan fingerprint density at radius 1 is 1.21 bits per heavy atom. The van der Waals surface area contributed by atoms with E-state index in [4.69, 9.17) is 11.6 Å².